The lowest BCUT2D eigenvalue weighted by molar-refractivity contribution is 0.225. The molecule has 1 aromatic heterocycles. The minimum atomic E-state index is -0.210. The van der Waals surface area contributed by atoms with E-state index in [1.807, 2.05) is 6.07 Å². The maximum Gasteiger partial charge on any atom is 0.123 e. The van der Waals surface area contributed by atoms with Crippen LogP contribution >= 0.6 is 11.3 Å². The van der Waals surface area contributed by atoms with Crippen LogP contribution in [-0.4, -0.2) is 11.7 Å². The van der Waals surface area contributed by atoms with Crippen LogP contribution in [0.15, 0.2) is 36.4 Å². The lowest BCUT2D eigenvalue weighted by atomic mass is 9.96. The van der Waals surface area contributed by atoms with E-state index in [1.54, 1.807) is 23.5 Å². The predicted octanol–water partition coefficient (Wildman–Crippen LogP) is 3.84. The van der Waals surface area contributed by atoms with Gasteiger partial charge in [-0.3, -0.25) is 0 Å². The third-order valence-electron chi connectivity index (χ3n) is 3.23. The Kier molecular flexibility index (Phi) is 5.11. The average Bonchev–Trinajstić information content (AvgIpc) is 2.85. The van der Waals surface area contributed by atoms with E-state index >= 15 is 0 Å². The van der Waals surface area contributed by atoms with E-state index < -0.39 is 0 Å². The number of halogens is 1. The molecule has 1 N–H and O–H groups in total. The summed E-state index contributed by atoms with van der Waals surface area (Å²) < 4.78 is 13.1. The van der Waals surface area contributed by atoms with E-state index in [0.29, 0.717) is 6.42 Å². The zero-order valence-corrected chi connectivity index (χ0v) is 11.9. The Labute approximate surface area is 117 Å². The Morgan fingerprint density at radius 1 is 1.16 bits per heavy atom. The number of rotatable bonds is 6. The van der Waals surface area contributed by atoms with Gasteiger partial charge in [-0.15, -0.1) is 11.3 Å². The molecule has 3 heteroatoms. The predicted molar refractivity (Wildman–Crippen MR) is 78.1 cm³/mol. The van der Waals surface area contributed by atoms with Gasteiger partial charge in [-0.25, -0.2) is 4.39 Å². The number of aliphatic hydroxyl groups excluding tert-OH is 1. The van der Waals surface area contributed by atoms with Gasteiger partial charge in [-0.1, -0.05) is 19.1 Å². The lowest BCUT2D eigenvalue weighted by Gasteiger charge is -2.13. The van der Waals surface area contributed by atoms with Gasteiger partial charge in [0.25, 0.3) is 0 Å². The molecule has 1 heterocycles. The SMILES string of the molecule is CCc1ccc(CC(CO)Cc2cccc(F)c2)s1. The van der Waals surface area contributed by atoms with Crippen LogP contribution in [0.2, 0.25) is 0 Å². The van der Waals surface area contributed by atoms with Crippen LogP contribution in [0.3, 0.4) is 0 Å². The monoisotopic (exact) mass is 278 g/mol. The molecular weight excluding hydrogens is 259 g/mol. The van der Waals surface area contributed by atoms with Crippen molar-refractivity contribution in [2.75, 3.05) is 6.61 Å². The molecule has 0 amide bonds. The Morgan fingerprint density at radius 2 is 1.95 bits per heavy atom. The summed E-state index contributed by atoms with van der Waals surface area (Å²) in [5.41, 5.74) is 0.950. The topological polar surface area (TPSA) is 20.2 Å². The molecule has 2 aromatic rings. The number of hydrogen-bond acceptors (Lipinski definition) is 2. The summed E-state index contributed by atoms with van der Waals surface area (Å²) in [6, 6.07) is 10.9. The summed E-state index contributed by atoms with van der Waals surface area (Å²) in [5.74, 6) is -0.0521. The number of aryl methyl sites for hydroxylation is 1. The van der Waals surface area contributed by atoms with Crippen LogP contribution in [0.1, 0.15) is 22.2 Å². The Balaban J connectivity index is 2.00. The van der Waals surface area contributed by atoms with Crippen molar-refractivity contribution in [2.45, 2.75) is 26.2 Å². The van der Waals surface area contributed by atoms with Crippen molar-refractivity contribution in [3.05, 3.63) is 57.5 Å². The van der Waals surface area contributed by atoms with Gasteiger partial charge in [-0.05, 0) is 55.0 Å². The minimum absolute atomic E-state index is 0.135. The van der Waals surface area contributed by atoms with E-state index in [0.717, 1.165) is 18.4 Å². The van der Waals surface area contributed by atoms with E-state index in [4.69, 9.17) is 0 Å². The van der Waals surface area contributed by atoms with Crippen molar-refractivity contribution >= 4 is 11.3 Å². The first-order chi connectivity index (χ1) is 9.21. The molecule has 0 aliphatic heterocycles. The molecule has 2 rings (SSSR count). The molecule has 1 unspecified atom stereocenters. The molecule has 1 aromatic carbocycles. The molecule has 0 fully saturated rings. The Bertz CT molecular complexity index is 521. The third kappa shape index (κ3) is 4.15. The standard InChI is InChI=1S/C16H19FOS/c1-2-15-6-7-16(19-15)10-13(11-18)8-12-4-3-5-14(17)9-12/h3-7,9,13,18H,2,8,10-11H2,1H3. The summed E-state index contributed by atoms with van der Waals surface area (Å²) in [6.07, 6.45) is 2.63. The zero-order valence-electron chi connectivity index (χ0n) is 11.1. The van der Waals surface area contributed by atoms with Crippen LogP contribution in [0.4, 0.5) is 4.39 Å². The molecule has 0 aliphatic rings. The maximum absolute atomic E-state index is 13.1. The summed E-state index contributed by atoms with van der Waals surface area (Å²) in [6.45, 7) is 2.28. The largest absolute Gasteiger partial charge is 0.396 e. The molecule has 102 valence electrons. The molecule has 0 saturated heterocycles. The fourth-order valence-corrected chi connectivity index (χ4v) is 3.28. The maximum atomic E-state index is 13.1. The third-order valence-corrected chi connectivity index (χ3v) is 4.48. The number of aliphatic hydroxyl groups is 1. The fourth-order valence-electron chi connectivity index (χ4n) is 2.21. The highest BCUT2D eigenvalue weighted by Gasteiger charge is 2.11. The number of benzene rings is 1. The van der Waals surface area contributed by atoms with Gasteiger partial charge in [0.05, 0.1) is 0 Å². The second-order valence-electron chi connectivity index (χ2n) is 4.81. The number of hydrogen-bond donors (Lipinski definition) is 1. The van der Waals surface area contributed by atoms with Gasteiger partial charge in [0.2, 0.25) is 0 Å². The second kappa shape index (κ2) is 6.83. The van der Waals surface area contributed by atoms with E-state index in [-0.39, 0.29) is 18.3 Å². The van der Waals surface area contributed by atoms with Crippen molar-refractivity contribution in [3.8, 4) is 0 Å². The molecule has 0 saturated carbocycles. The van der Waals surface area contributed by atoms with E-state index in [9.17, 15) is 9.50 Å². The van der Waals surface area contributed by atoms with Crippen LogP contribution < -0.4 is 0 Å². The van der Waals surface area contributed by atoms with Gasteiger partial charge in [0.15, 0.2) is 0 Å². The van der Waals surface area contributed by atoms with Crippen molar-refractivity contribution in [3.63, 3.8) is 0 Å². The summed E-state index contributed by atoms with van der Waals surface area (Å²) >= 11 is 1.81. The highest BCUT2D eigenvalue weighted by Crippen LogP contribution is 2.22. The first kappa shape index (κ1) is 14.2. The fraction of sp³-hybridized carbons (Fsp3) is 0.375. The van der Waals surface area contributed by atoms with Crippen LogP contribution in [0.5, 0.6) is 0 Å². The van der Waals surface area contributed by atoms with E-state index in [2.05, 4.69) is 19.1 Å². The molecule has 0 spiro atoms. The van der Waals surface area contributed by atoms with Crippen LogP contribution in [-0.2, 0) is 19.3 Å². The Hall–Kier alpha value is -1.19. The molecule has 19 heavy (non-hydrogen) atoms. The summed E-state index contributed by atoms with van der Waals surface area (Å²) in [4.78, 5) is 2.67. The Morgan fingerprint density at radius 3 is 2.58 bits per heavy atom. The lowest BCUT2D eigenvalue weighted by Crippen LogP contribution is -2.12. The van der Waals surface area contributed by atoms with Gasteiger partial charge in [0, 0.05) is 16.4 Å². The zero-order chi connectivity index (χ0) is 13.7. The average molecular weight is 278 g/mol. The molecule has 1 nitrogen and oxygen atoms in total. The van der Waals surface area contributed by atoms with Crippen LogP contribution in [0.25, 0.3) is 0 Å². The van der Waals surface area contributed by atoms with Gasteiger partial charge in [-0.2, -0.15) is 0 Å². The normalized spacial score (nSPS) is 12.6. The minimum Gasteiger partial charge on any atom is -0.396 e. The number of thiophene rings is 1. The molecule has 1 atom stereocenters. The smallest absolute Gasteiger partial charge is 0.123 e. The quantitative estimate of drug-likeness (QED) is 0.851. The highest BCUT2D eigenvalue weighted by molar-refractivity contribution is 7.11. The molecule has 0 aliphatic carbocycles. The second-order valence-corrected chi connectivity index (χ2v) is 6.06. The molecular formula is C16H19FOS. The first-order valence-corrected chi connectivity index (χ1v) is 7.45. The summed E-state index contributed by atoms with van der Waals surface area (Å²) in [7, 11) is 0. The molecule has 0 radical (unpaired) electrons. The molecule has 0 bridgehead atoms. The van der Waals surface area contributed by atoms with Gasteiger partial charge in [0.1, 0.15) is 5.82 Å². The van der Waals surface area contributed by atoms with Crippen molar-refractivity contribution in [1.29, 1.82) is 0 Å². The summed E-state index contributed by atoms with van der Waals surface area (Å²) in [5, 5.41) is 9.49. The van der Waals surface area contributed by atoms with Crippen molar-refractivity contribution < 1.29 is 9.50 Å². The van der Waals surface area contributed by atoms with Gasteiger partial charge < -0.3 is 5.11 Å². The van der Waals surface area contributed by atoms with Crippen molar-refractivity contribution in [2.24, 2.45) is 5.92 Å². The van der Waals surface area contributed by atoms with E-state index in [1.165, 1.54) is 15.8 Å². The van der Waals surface area contributed by atoms with Gasteiger partial charge >= 0.3 is 0 Å². The first-order valence-electron chi connectivity index (χ1n) is 6.64. The van der Waals surface area contributed by atoms with Crippen LogP contribution in [0, 0.1) is 11.7 Å². The van der Waals surface area contributed by atoms with Crippen molar-refractivity contribution in [1.82, 2.24) is 0 Å². The highest BCUT2D eigenvalue weighted by atomic mass is 32.1.